The predicted molar refractivity (Wildman–Crippen MR) is 72.4 cm³/mol. The van der Waals surface area contributed by atoms with Crippen molar-refractivity contribution in [3.8, 4) is 0 Å². The first-order valence-corrected chi connectivity index (χ1v) is 6.77. The first kappa shape index (κ1) is 12.4. The van der Waals surface area contributed by atoms with Gasteiger partial charge in [-0.2, -0.15) is 0 Å². The number of aliphatic hydroxyl groups is 1. The highest BCUT2D eigenvalue weighted by Gasteiger charge is 2.40. The molecule has 2 fully saturated rings. The minimum Gasteiger partial charge on any atom is -0.393 e. The van der Waals surface area contributed by atoms with Gasteiger partial charge in [-0.15, -0.1) is 0 Å². The summed E-state index contributed by atoms with van der Waals surface area (Å²) in [6.45, 7) is 1.99. The molecule has 2 saturated heterocycles. The van der Waals surface area contributed by atoms with Crippen LogP contribution in [0.3, 0.4) is 0 Å². The van der Waals surface area contributed by atoms with Crippen molar-refractivity contribution >= 4 is 11.4 Å². The maximum atomic E-state index is 10.9. The molecule has 5 nitrogen and oxygen atoms in total. The molecule has 2 heterocycles. The zero-order valence-corrected chi connectivity index (χ0v) is 11.0. The lowest BCUT2D eigenvalue weighted by molar-refractivity contribution is -0.384. The number of fused-ring (bicyclic) bond motifs is 2. The average Bonchev–Trinajstić information content (AvgIpc) is 2.62. The highest BCUT2D eigenvalue weighted by Crippen LogP contribution is 2.41. The standard InChI is InChI=1S/C14H18N2O3/c1-9-2-3-12(16(18)19)8-14(9)15-10-4-5-11(15)7-13(17)6-10/h2-3,8,10-11,13,17H,4-7H2,1H3. The first-order valence-electron chi connectivity index (χ1n) is 6.77. The molecule has 2 atom stereocenters. The summed E-state index contributed by atoms with van der Waals surface area (Å²) >= 11 is 0. The molecule has 0 aromatic heterocycles. The molecule has 3 rings (SSSR count). The number of anilines is 1. The number of hydrogen-bond donors (Lipinski definition) is 1. The van der Waals surface area contributed by atoms with E-state index in [4.69, 9.17) is 0 Å². The molecule has 102 valence electrons. The fraction of sp³-hybridized carbons (Fsp3) is 0.571. The highest BCUT2D eigenvalue weighted by molar-refractivity contribution is 5.61. The topological polar surface area (TPSA) is 66.6 Å². The van der Waals surface area contributed by atoms with Gasteiger partial charge in [0.1, 0.15) is 0 Å². The van der Waals surface area contributed by atoms with E-state index in [1.807, 2.05) is 13.0 Å². The molecule has 0 saturated carbocycles. The Hall–Kier alpha value is -1.62. The van der Waals surface area contributed by atoms with Gasteiger partial charge >= 0.3 is 0 Å². The van der Waals surface area contributed by atoms with Gasteiger partial charge in [0.05, 0.1) is 11.0 Å². The fourth-order valence-corrected chi connectivity index (χ4v) is 3.53. The van der Waals surface area contributed by atoms with Crippen molar-refractivity contribution in [1.29, 1.82) is 0 Å². The second-order valence-corrected chi connectivity index (χ2v) is 5.65. The molecule has 19 heavy (non-hydrogen) atoms. The van der Waals surface area contributed by atoms with E-state index in [0.29, 0.717) is 12.1 Å². The van der Waals surface area contributed by atoms with E-state index < -0.39 is 0 Å². The summed E-state index contributed by atoms with van der Waals surface area (Å²) in [4.78, 5) is 12.9. The van der Waals surface area contributed by atoms with Crippen LogP contribution in [0.4, 0.5) is 11.4 Å². The lowest BCUT2D eigenvalue weighted by Crippen LogP contribution is -2.45. The molecule has 0 radical (unpaired) electrons. The van der Waals surface area contributed by atoms with E-state index in [9.17, 15) is 15.2 Å². The summed E-state index contributed by atoms with van der Waals surface area (Å²) in [5.41, 5.74) is 2.18. The Morgan fingerprint density at radius 1 is 1.32 bits per heavy atom. The van der Waals surface area contributed by atoms with Crippen LogP contribution in [-0.2, 0) is 0 Å². The third-order valence-corrected chi connectivity index (χ3v) is 4.39. The van der Waals surface area contributed by atoms with Gasteiger partial charge in [0.25, 0.3) is 5.69 Å². The van der Waals surface area contributed by atoms with Gasteiger partial charge < -0.3 is 10.0 Å². The van der Waals surface area contributed by atoms with Gasteiger partial charge in [0, 0.05) is 29.9 Å². The molecule has 0 spiro atoms. The number of piperidine rings is 1. The van der Waals surface area contributed by atoms with Crippen molar-refractivity contribution in [2.75, 3.05) is 4.90 Å². The van der Waals surface area contributed by atoms with Gasteiger partial charge in [-0.1, -0.05) is 6.07 Å². The Labute approximate surface area is 112 Å². The summed E-state index contributed by atoms with van der Waals surface area (Å²) in [5.74, 6) is 0. The summed E-state index contributed by atoms with van der Waals surface area (Å²) < 4.78 is 0. The molecule has 0 aliphatic carbocycles. The smallest absolute Gasteiger partial charge is 0.271 e. The van der Waals surface area contributed by atoms with Crippen molar-refractivity contribution in [2.45, 2.75) is 50.8 Å². The van der Waals surface area contributed by atoms with Crippen LogP contribution in [0.25, 0.3) is 0 Å². The maximum Gasteiger partial charge on any atom is 0.271 e. The molecule has 2 aliphatic rings. The van der Waals surface area contributed by atoms with Gasteiger partial charge in [-0.05, 0) is 38.2 Å². The second-order valence-electron chi connectivity index (χ2n) is 5.65. The van der Waals surface area contributed by atoms with Crippen molar-refractivity contribution in [2.24, 2.45) is 0 Å². The van der Waals surface area contributed by atoms with Crippen molar-refractivity contribution < 1.29 is 10.0 Å². The SMILES string of the molecule is Cc1ccc([N+](=O)[O-])cc1N1C2CCC1CC(O)C2. The lowest BCUT2D eigenvalue weighted by Gasteiger charge is -2.39. The summed E-state index contributed by atoms with van der Waals surface area (Å²) in [7, 11) is 0. The number of nitro groups is 1. The number of hydrogen-bond acceptors (Lipinski definition) is 4. The third-order valence-electron chi connectivity index (χ3n) is 4.39. The van der Waals surface area contributed by atoms with Crippen LogP contribution in [-0.4, -0.2) is 28.2 Å². The predicted octanol–water partition coefficient (Wildman–Crippen LogP) is 2.40. The number of rotatable bonds is 2. The van der Waals surface area contributed by atoms with Crippen molar-refractivity contribution in [3.63, 3.8) is 0 Å². The van der Waals surface area contributed by atoms with Gasteiger partial charge in [0.15, 0.2) is 0 Å². The molecule has 2 aliphatic heterocycles. The fourth-order valence-electron chi connectivity index (χ4n) is 3.53. The van der Waals surface area contributed by atoms with E-state index in [1.54, 1.807) is 12.1 Å². The van der Waals surface area contributed by atoms with Crippen molar-refractivity contribution in [3.05, 3.63) is 33.9 Å². The minimum atomic E-state index is -0.344. The Kier molecular flexibility index (Phi) is 2.93. The third kappa shape index (κ3) is 2.08. The quantitative estimate of drug-likeness (QED) is 0.656. The number of aliphatic hydroxyl groups excluding tert-OH is 1. The minimum absolute atomic E-state index is 0.145. The average molecular weight is 262 g/mol. The van der Waals surface area contributed by atoms with Gasteiger partial charge in [-0.3, -0.25) is 10.1 Å². The molecular formula is C14H18N2O3. The number of aryl methyl sites for hydroxylation is 1. The largest absolute Gasteiger partial charge is 0.393 e. The second kappa shape index (κ2) is 4.49. The summed E-state index contributed by atoms with van der Waals surface area (Å²) in [6.07, 6.45) is 3.48. The summed E-state index contributed by atoms with van der Waals surface area (Å²) in [5, 5.41) is 20.8. The first-order chi connectivity index (χ1) is 9.06. The number of non-ortho nitro benzene ring substituents is 1. The Morgan fingerprint density at radius 2 is 1.95 bits per heavy atom. The Morgan fingerprint density at radius 3 is 2.53 bits per heavy atom. The van der Waals surface area contributed by atoms with Crippen LogP contribution in [0.1, 0.15) is 31.2 Å². The monoisotopic (exact) mass is 262 g/mol. The molecule has 0 amide bonds. The van der Waals surface area contributed by atoms with E-state index in [0.717, 1.165) is 36.9 Å². The van der Waals surface area contributed by atoms with Crippen LogP contribution >= 0.6 is 0 Å². The molecule has 2 unspecified atom stereocenters. The zero-order valence-electron chi connectivity index (χ0n) is 11.0. The van der Waals surface area contributed by atoms with Crippen LogP contribution in [0, 0.1) is 17.0 Å². The van der Waals surface area contributed by atoms with Crippen LogP contribution in [0.2, 0.25) is 0 Å². The van der Waals surface area contributed by atoms with E-state index in [1.165, 1.54) is 0 Å². The highest BCUT2D eigenvalue weighted by atomic mass is 16.6. The van der Waals surface area contributed by atoms with Gasteiger partial charge in [0.2, 0.25) is 0 Å². The normalized spacial score (nSPS) is 29.6. The molecular weight excluding hydrogens is 244 g/mol. The molecule has 5 heteroatoms. The zero-order chi connectivity index (χ0) is 13.6. The van der Waals surface area contributed by atoms with E-state index in [2.05, 4.69) is 4.90 Å². The summed E-state index contributed by atoms with van der Waals surface area (Å²) in [6, 6.07) is 5.71. The van der Waals surface area contributed by atoms with Gasteiger partial charge in [-0.25, -0.2) is 0 Å². The molecule has 1 aromatic carbocycles. The number of nitro benzene ring substituents is 1. The maximum absolute atomic E-state index is 10.9. The molecule has 1 aromatic rings. The van der Waals surface area contributed by atoms with Crippen LogP contribution < -0.4 is 4.90 Å². The van der Waals surface area contributed by atoms with Crippen LogP contribution in [0.5, 0.6) is 0 Å². The van der Waals surface area contributed by atoms with E-state index in [-0.39, 0.29) is 16.7 Å². The lowest BCUT2D eigenvalue weighted by atomic mass is 9.98. The molecule has 1 N–H and O–H groups in total. The van der Waals surface area contributed by atoms with E-state index >= 15 is 0 Å². The molecule has 2 bridgehead atoms. The number of benzene rings is 1. The van der Waals surface area contributed by atoms with Crippen molar-refractivity contribution in [1.82, 2.24) is 0 Å². The Balaban J connectivity index is 1.98. The Bertz CT molecular complexity index is 503. The number of nitrogens with zero attached hydrogens (tertiary/aromatic N) is 2. The van der Waals surface area contributed by atoms with Crippen LogP contribution in [0.15, 0.2) is 18.2 Å².